The standard InChI is InChI=1S/C24H20ClFN2O3S2/c1-3-31-23(30)20-14(2)19-21(33-20)27-24(32-13-16-4-8-17(25)9-5-16)28(22(19)29)12-15-6-10-18(26)11-7-15/h4-11H,3,12-13H2,1-2H3. The molecule has 0 fully saturated rings. The minimum absolute atomic E-state index is 0.231. The average Bonchev–Trinajstić information content (AvgIpc) is 3.13. The molecule has 0 saturated carbocycles. The fourth-order valence-electron chi connectivity index (χ4n) is 3.34. The van der Waals surface area contributed by atoms with Gasteiger partial charge in [-0.1, -0.05) is 47.6 Å². The third-order valence-corrected chi connectivity index (χ3v) is 7.48. The third kappa shape index (κ3) is 5.13. The van der Waals surface area contributed by atoms with Crippen molar-refractivity contribution in [3.63, 3.8) is 0 Å². The number of thioether (sulfide) groups is 1. The van der Waals surface area contributed by atoms with Gasteiger partial charge in [-0.2, -0.15) is 0 Å². The predicted octanol–water partition coefficient (Wildman–Crippen LogP) is 6.08. The molecule has 5 nitrogen and oxygen atoms in total. The summed E-state index contributed by atoms with van der Waals surface area (Å²) in [5.41, 5.74) is 2.12. The van der Waals surface area contributed by atoms with Gasteiger partial charge in [0.25, 0.3) is 5.56 Å². The van der Waals surface area contributed by atoms with Crippen molar-refractivity contribution in [2.24, 2.45) is 0 Å². The zero-order valence-corrected chi connectivity index (χ0v) is 20.3. The lowest BCUT2D eigenvalue weighted by Gasteiger charge is -2.12. The van der Waals surface area contributed by atoms with Crippen molar-refractivity contribution < 1.29 is 13.9 Å². The van der Waals surface area contributed by atoms with Crippen molar-refractivity contribution in [3.8, 4) is 0 Å². The number of thiophene rings is 1. The zero-order valence-electron chi connectivity index (χ0n) is 17.9. The summed E-state index contributed by atoms with van der Waals surface area (Å²) in [5.74, 6) is -0.226. The Bertz CT molecular complexity index is 1370. The highest BCUT2D eigenvalue weighted by Crippen LogP contribution is 2.31. The molecule has 9 heteroatoms. The Morgan fingerprint density at radius 2 is 1.82 bits per heavy atom. The van der Waals surface area contributed by atoms with E-state index >= 15 is 0 Å². The summed E-state index contributed by atoms with van der Waals surface area (Å²) in [7, 11) is 0. The highest BCUT2D eigenvalue weighted by molar-refractivity contribution is 7.98. The number of hydrogen-bond donors (Lipinski definition) is 0. The highest BCUT2D eigenvalue weighted by Gasteiger charge is 2.22. The topological polar surface area (TPSA) is 61.2 Å². The lowest BCUT2D eigenvalue weighted by molar-refractivity contribution is 0.0531. The van der Waals surface area contributed by atoms with Crippen LogP contribution in [0.25, 0.3) is 10.2 Å². The molecule has 0 unspecified atom stereocenters. The maximum absolute atomic E-state index is 13.6. The van der Waals surface area contributed by atoms with Crippen molar-refractivity contribution in [2.75, 3.05) is 6.61 Å². The number of esters is 1. The molecule has 0 saturated heterocycles. The molecule has 170 valence electrons. The van der Waals surface area contributed by atoms with E-state index in [1.165, 1.54) is 23.9 Å². The molecule has 0 atom stereocenters. The monoisotopic (exact) mass is 502 g/mol. The molecule has 0 amide bonds. The van der Waals surface area contributed by atoms with Crippen LogP contribution >= 0.6 is 34.7 Å². The third-order valence-electron chi connectivity index (χ3n) is 5.01. The average molecular weight is 503 g/mol. The van der Waals surface area contributed by atoms with Gasteiger partial charge in [0.05, 0.1) is 18.5 Å². The van der Waals surface area contributed by atoms with Crippen LogP contribution in [-0.2, 0) is 17.0 Å². The number of nitrogens with zero attached hydrogens (tertiary/aromatic N) is 2. The van der Waals surface area contributed by atoms with Crippen LogP contribution in [0.15, 0.2) is 58.5 Å². The molecule has 2 aromatic heterocycles. The number of ether oxygens (including phenoxy) is 1. The highest BCUT2D eigenvalue weighted by atomic mass is 35.5. The van der Waals surface area contributed by atoms with Gasteiger partial charge in [-0.15, -0.1) is 11.3 Å². The quantitative estimate of drug-likeness (QED) is 0.174. The van der Waals surface area contributed by atoms with Gasteiger partial charge < -0.3 is 4.74 Å². The van der Waals surface area contributed by atoms with Crippen molar-refractivity contribution >= 4 is 50.9 Å². The Morgan fingerprint density at radius 3 is 2.48 bits per heavy atom. The molecule has 0 spiro atoms. The summed E-state index contributed by atoms with van der Waals surface area (Å²) in [6.07, 6.45) is 0. The summed E-state index contributed by atoms with van der Waals surface area (Å²) in [6, 6.07) is 13.5. The van der Waals surface area contributed by atoms with Crippen LogP contribution in [0.1, 0.15) is 33.3 Å². The molecule has 2 aromatic carbocycles. The molecule has 2 heterocycles. The molecule has 0 aliphatic carbocycles. The van der Waals surface area contributed by atoms with Crippen LogP contribution in [0, 0.1) is 12.7 Å². The first kappa shape index (κ1) is 23.5. The van der Waals surface area contributed by atoms with E-state index in [0.29, 0.717) is 36.6 Å². The van der Waals surface area contributed by atoms with Crippen LogP contribution in [0.4, 0.5) is 4.39 Å². The van der Waals surface area contributed by atoms with E-state index in [1.54, 1.807) is 30.5 Å². The van der Waals surface area contributed by atoms with Crippen molar-refractivity contribution in [2.45, 2.75) is 31.3 Å². The molecule has 0 aliphatic heterocycles. The predicted molar refractivity (Wildman–Crippen MR) is 131 cm³/mol. The molecule has 4 rings (SSSR count). The summed E-state index contributed by atoms with van der Waals surface area (Å²) < 4.78 is 20.1. The number of fused-ring (bicyclic) bond motifs is 1. The smallest absolute Gasteiger partial charge is 0.348 e. The number of hydrogen-bond acceptors (Lipinski definition) is 6. The second kappa shape index (κ2) is 10.1. The number of halogens is 2. The van der Waals surface area contributed by atoms with Gasteiger partial charge in [0.15, 0.2) is 5.16 Å². The molecular formula is C24H20ClFN2O3S2. The van der Waals surface area contributed by atoms with E-state index in [1.807, 2.05) is 24.3 Å². The maximum atomic E-state index is 13.6. The van der Waals surface area contributed by atoms with Crippen LogP contribution < -0.4 is 5.56 Å². The van der Waals surface area contributed by atoms with Gasteiger partial charge in [-0.25, -0.2) is 14.2 Å². The lowest BCUT2D eigenvalue weighted by atomic mass is 10.2. The van der Waals surface area contributed by atoms with E-state index in [4.69, 9.17) is 21.3 Å². The number of carbonyl (C=O) groups is 1. The van der Waals surface area contributed by atoms with Crippen LogP contribution in [-0.4, -0.2) is 22.1 Å². The van der Waals surface area contributed by atoms with E-state index < -0.39 is 5.97 Å². The van der Waals surface area contributed by atoms with E-state index in [2.05, 4.69) is 0 Å². The Kier molecular flexibility index (Phi) is 7.17. The normalized spacial score (nSPS) is 11.2. The number of carbonyl (C=O) groups excluding carboxylic acids is 1. The van der Waals surface area contributed by atoms with Gasteiger partial charge in [-0.05, 0) is 54.8 Å². The Morgan fingerprint density at radius 1 is 1.15 bits per heavy atom. The summed E-state index contributed by atoms with van der Waals surface area (Å²) >= 11 is 8.56. The van der Waals surface area contributed by atoms with Crippen molar-refractivity contribution in [1.82, 2.24) is 9.55 Å². The Labute approximate surface area is 203 Å². The fourth-order valence-corrected chi connectivity index (χ4v) is 5.54. The van der Waals surface area contributed by atoms with Gasteiger partial charge in [0.2, 0.25) is 0 Å². The number of rotatable bonds is 7. The summed E-state index contributed by atoms with van der Waals surface area (Å²) in [5, 5.41) is 1.57. The fraction of sp³-hybridized carbons (Fsp3) is 0.208. The molecule has 0 radical (unpaired) electrons. The summed E-state index contributed by atoms with van der Waals surface area (Å²) in [6.45, 7) is 3.95. The molecule has 33 heavy (non-hydrogen) atoms. The molecular weight excluding hydrogens is 483 g/mol. The van der Waals surface area contributed by atoms with Gasteiger partial charge in [-0.3, -0.25) is 9.36 Å². The first-order valence-electron chi connectivity index (χ1n) is 10.2. The van der Waals surface area contributed by atoms with E-state index in [9.17, 15) is 14.0 Å². The van der Waals surface area contributed by atoms with E-state index in [0.717, 1.165) is 22.5 Å². The van der Waals surface area contributed by atoms with Gasteiger partial charge >= 0.3 is 5.97 Å². The second-order valence-electron chi connectivity index (χ2n) is 7.28. The minimum Gasteiger partial charge on any atom is -0.462 e. The van der Waals surface area contributed by atoms with Gasteiger partial charge in [0.1, 0.15) is 15.5 Å². The van der Waals surface area contributed by atoms with Crippen molar-refractivity contribution in [3.05, 3.63) is 91.3 Å². The number of aryl methyl sites for hydroxylation is 1. The lowest BCUT2D eigenvalue weighted by Crippen LogP contribution is -2.24. The van der Waals surface area contributed by atoms with Crippen LogP contribution in [0.5, 0.6) is 0 Å². The molecule has 4 aromatic rings. The molecule has 0 N–H and O–H groups in total. The number of benzene rings is 2. The van der Waals surface area contributed by atoms with Gasteiger partial charge in [0, 0.05) is 10.8 Å². The minimum atomic E-state index is -0.460. The van der Waals surface area contributed by atoms with E-state index in [-0.39, 0.29) is 24.5 Å². The Hall–Kier alpha value is -2.68. The first-order valence-corrected chi connectivity index (χ1v) is 12.4. The summed E-state index contributed by atoms with van der Waals surface area (Å²) in [4.78, 5) is 31.6. The van der Waals surface area contributed by atoms with Crippen LogP contribution in [0.3, 0.4) is 0 Å². The SMILES string of the molecule is CCOC(=O)c1sc2nc(SCc3ccc(Cl)cc3)n(Cc3ccc(F)cc3)c(=O)c2c1C. The molecule has 0 aliphatic rings. The number of aromatic nitrogens is 2. The maximum Gasteiger partial charge on any atom is 0.348 e. The van der Waals surface area contributed by atoms with Crippen LogP contribution in [0.2, 0.25) is 5.02 Å². The first-order chi connectivity index (χ1) is 15.9. The largest absolute Gasteiger partial charge is 0.462 e. The Balaban J connectivity index is 1.79. The molecule has 0 bridgehead atoms. The van der Waals surface area contributed by atoms with Crippen molar-refractivity contribution in [1.29, 1.82) is 0 Å². The second-order valence-corrected chi connectivity index (χ2v) is 9.66. The zero-order chi connectivity index (χ0) is 23.5.